The van der Waals surface area contributed by atoms with Crippen LogP contribution in [0.2, 0.25) is 0 Å². The number of alkyl halides is 3. The molecule has 0 spiro atoms. The van der Waals surface area contributed by atoms with E-state index < -0.39 is 11.7 Å². The Morgan fingerprint density at radius 2 is 2.04 bits per heavy atom. The van der Waals surface area contributed by atoms with E-state index in [1.54, 1.807) is 0 Å². The molecule has 8 heteroatoms. The Hall–Kier alpha value is -1.47. The third-order valence-corrected chi connectivity index (χ3v) is 3.51. The molecule has 1 amide bonds. The normalized spacial score (nSPS) is 14.1. The maximum atomic E-state index is 13.0. The van der Waals surface area contributed by atoms with Crippen molar-refractivity contribution in [1.82, 2.24) is 10.6 Å². The molecule has 1 aliphatic carbocycles. The summed E-state index contributed by atoms with van der Waals surface area (Å²) in [6, 6.07) is 3.70. The number of amides is 1. The van der Waals surface area contributed by atoms with Gasteiger partial charge in [0.15, 0.2) is 0 Å². The second-order valence-corrected chi connectivity index (χ2v) is 5.37. The fourth-order valence-corrected chi connectivity index (χ4v) is 2.07. The van der Waals surface area contributed by atoms with Gasteiger partial charge >= 0.3 is 6.18 Å². The number of rotatable bonds is 7. The highest BCUT2D eigenvalue weighted by molar-refractivity contribution is 5.85. The summed E-state index contributed by atoms with van der Waals surface area (Å²) >= 11 is 0. The Bertz CT molecular complexity index is 534. The zero-order chi connectivity index (χ0) is 16.2. The molecule has 0 aromatic heterocycles. The van der Waals surface area contributed by atoms with Crippen molar-refractivity contribution in [3.63, 3.8) is 0 Å². The number of benzene rings is 1. The Kier molecular flexibility index (Phi) is 7.15. The molecule has 2 N–H and O–H groups in total. The van der Waals surface area contributed by atoms with Gasteiger partial charge in [-0.2, -0.15) is 13.2 Å². The van der Waals surface area contributed by atoms with E-state index in [9.17, 15) is 18.0 Å². The lowest BCUT2D eigenvalue weighted by molar-refractivity contribution is -0.138. The molecule has 1 aromatic rings. The van der Waals surface area contributed by atoms with E-state index in [4.69, 9.17) is 4.74 Å². The van der Waals surface area contributed by atoms with E-state index >= 15 is 0 Å². The first-order chi connectivity index (χ1) is 10.4. The van der Waals surface area contributed by atoms with Crippen LogP contribution in [0.4, 0.5) is 13.2 Å². The SMILES string of the molecule is COc1ccc(CNC(=O)CNCC2CC2)c(C(F)(F)F)c1.Cl. The van der Waals surface area contributed by atoms with Gasteiger partial charge in [0.25, 0.3) is 0 Å². The van der Waals surface area contributed by atoms with Crippen LogP contribution in [-0.4, -0.2) is 26.1 Å². The summed E-state index contributed by atoms with van der Waals surface area (Å²) in [5.74, 6) is 0.462. The van der Waals surface area contributed by atoms with Crippen molar-refractivity contribution in [3.05, 3.63) is 29.3 Å². The van der Waals surface area contributed by atoms with Gasteiger partial charge in [-0.15, -0.1) is 12.4 Å². The summed E-state index contributed by atoms with van der Waals surface area (Å²) in [7, 11) is 1.31. The fraction of sp³-hybridized carbons (Fsp3) is 0.533. The quantitative estimate of drug-likeness (QED) is 0.793. The minimum Gasteiger partial charge on any atom is -0.497 e. The van der Waals surface area contributed by atoms with Gasteiger partial charge in [0.1, 0.15) is 5.75 Å². The van der Waals surface area contributed by atoms with Gasteiger partial charge < -0.3 is 15.4 Å². The van der Waals surface area contributed by atoms with Crippen LogP contribution in [0.5, 0.6) is 5.75 Å². The summed E-state index contributed by atoms with van der Waals surface area (Å²) in [5, 5.41) is 5.49. The Morgan fingerprint density at radius 3 is 2.61 bits per heavy atom. The first-order valence-corrected chi connectivity index (χ1v) is 7.11. The van der Waals surface area contributed by atoms with Gasteiger partial charge in [-0.25, -0.2) is 0 Å². The Labute approximate surface area is 139 Å². The highest BCUT2D eigenvalue weighted by Gasteiger charge is 2.33. The molecule has 0 radical (unpaired) electrons. The second kappa shape index (κ2) is 8.40. The number of nitrogens with one attached hydrogen (secondary N) is 2. The van der Waals surface area contributed by atoms with E-state index in [0.29, 0.717) is 5.92 Å². The smallest absolute Gasteiger partial charge is 0.416 e. The Balaban J connectivity index is 0.00000264. The van der Waals surface area contributed by atoms with Gasteiger partial charge in [0.2, 0.25) is 5.91 Å². The van der Waals surface area contributed by atoms with Gasteiger partial charge in [-0.1, -0.05) is 6.07 Å². The average molecular weight is 353 g/mol. The molecular formula is C15H20ClF3N2O2. The molecule has 130 valence electrons. The van der Waals surface area contributed by atoms with Gasteiger partial charge in [0, 0.05) is 6.54 Å². The zero-order valence-corrected chi connectivity index (χ0v) is 13.5. The lowest BCUT2D eigenvalue weighted by Gasteiger charge is -2.15. The molecule has 0 atom stereocenters. The van der Waals surface area contributed by atoms with E-state index in [0.717, 1.165) is 12.6 Å². The van der Waals surface area contributed by atoms with Crippen LogP contribution >= 0.6 is 12.4 Å². The monoisotopic (exact) mass is 352 g/mol. The van der Waals surface area contributed by atoms with Crippen molar-refractivity contribution >= 4 is 18.3 Å². The topological polar surface area (TPSA) is 50.4 Å². The maximum Gasteiger partial charge on any atom is 0.416 e. The first-order valence-electron chi connectivity index (χ1n) is 7.11. The van der Waals surface area contributed by atoms with E-state index in [1.807, 2.05) is 0 Å². The lowest BCUT2D eigenvalue weighted by Crippen LogP contribution is -2.34. The van der Waals surface area contributed by atoms with Crippen molar-refractivity contribution in [2.24, 2.45) is 5.92 Å². The molecule has 0 unspecified atom stereocenters. The molecule has 1 aliphatic rings. The van der Waals surface area contributed by atoms with Gasteiger partial charge in [0.05, 0.1) is 19.2 Å². The van der Waals surface area contributed by atoms with E-state index in [-0.39, 0.29) is 42.7 Å². The van der Waals surface area contributed by atoms with Crippen LogP contribution in [0.3, 0.4) is 0 Å². The summed E-state index contributed by atoms with van der Waals surface area (Å²) < 4.78 is 43.8. The predicted octanol–water partition coefficient (Wildman–Crippen LogP) is 2.75. The number of methoxy groups -OCH3 is 1. The number of carbonyl (C=O) groups excluding carboxylic acids is 1. The summed E-state index contributed by atoms with van der Waals surface area (Å²) in [6.07, 6.45) is -2.14. The van der Waals surface area contributed by atoms with Crippen molar-refractivity contribution in [2.75, 3.05) is 20.2 Å². The molecule has 4 nitrogen and oxygen atoms in total. The van der Waals surface area contributed by atoms with Crippen LogP contribution in [0.1, 0.15) is 24.0 Å². The molecule has 0 saturated heterocycles. The maximum absolute atomic E-state index is 13.0. The van der Waals surface area contributed by atoms with Gasteiger partial charge in [-0.3, -0.25) is 4.79 Å². The van der Waals surface area contributed by atoms with E-state index in [2.05, 4.69) is 10.6 Å². The molecule has 23 heavy (non-hydrogen) atoms. The number of hydrogen-bond donors (Lipinski definition) is 2. The first kappa shape index (κ1) is 19.6. The molecule has 1 aromatic carbocycles. The number of halogens is 4. The fourth-order valence-electron chi connectivity index (χ4n) is 2.07. The van der Waals surface area contributed by atoms with Crippen LogP contribution in [0, 0.1) is 5.92 Å². The second-order valence-electron chi connectivity index (χ2n) is 5.37. The number of ether oxygens (including phenoxy) is 1. The standard InChI is InChI=1S/C15H19F3N2O2.ClH/c1-22-12-5-4-11(13(6-12)15(16,17)18)8-20-14(21)9-19-7-10-2-3-10;/h4-6,10,19H,2-3,7-9H2,1H3,(H,20,21);1H. The predicted molar refractivity (Wildman–Crippen MR) is 82.7 cm³/mol. The van der Waals surface area contributed by atoms with Gasteiger partial charge in [-0.05, 0) is 43.0 Å². The lowest BCUT2D eigenvalue weighted by atomic mass is 10.1. The number of carbonyl (C=O) groups is 1. The molecular weight excluding hydrogens is 333 g/mol. The van der Waals surface area contributed by atoms with Crippen molar-refractivity contribution in [2.45, 2.75) is 25.6 Å². The van der Waals surface area contributed by atoms with Crippen LogP contribution in [-0.2, 0) is 17.5 Å². The minimum atomic E-state index is -4.49. The third-order valence-electron chi connectivity index (χ3n) is 3.51. The van der Waals surface area contributed by atoms with Crippen LogP contribution in [0.15, 0.2) is 18.2 Å². The molecule has 1 fully saturated rings. The summed E-state index contributed by atoms with van der Waals surface area (Å²) in [4.78, 5) is 11.6. The average Bonchev–Trinajstić information content (AvgIpc) is 3.28. The molecule has 0 heterocycles. The molecule has 2 rings (SSSR count). The molecule has 0 aliphatic heterocycles. The highest BCUT2D eigenvalue weighted by Crippen LogP contribution is 2.34. The molecule has 1 saturated carbocycles. The number of hydrogen-bond acceptors (Lipinski definition) is 3. The minimum absolute atomic E-state index is 0. The third kappa shape index (κ3) is 6.27. The van der Waals surface area contributed by atoms with Crippen LogP contribution < -0.4 is 15.4 Å². The largest absolute Gasteiger partial charge is 0.497 e. The summed E-state index contributed by atoms with van der Waals surface area (Å²) in [6.45, 7) is 0.737. The highest BCUT2D eigenvalue weighted by atomic mass is 35.5. The van der Waals surface area contributed by atoms with Crippen molar-refractivity contribution in [1.29, 1.82) is 0 Å². The van der Waals surface area contributed by atoms with Crippen LogP contribution in [0.25, 0.3) is 0 Å². The zero-order valence-electron chi connectivity index (χ0n) is 12.7. The summed E-state index contributed by atoms with van der Waals surface area (Å²) in [5.41, 5.74) is -0.776. The van der Waals surface area contributed by atoms with Crippen molar-refractivity contribution in [3.8, 4) is 5.75 Å². The Morgan fingerprint density at radius 1 is 1.35 bits per heavy atom. The molecule has 0 bridgehead atoms. The van der Waals surface area contributed by atoms with E-state index in [1.165, 1.54) is 32.1 Å². The van der Waals surface area contributed by atoms with Crippen molar-refractivity contribution < 1.29 is 22.7 Å².